The Balaban J connectivity index is 1.48. The molecular weight excluding hydrogens is 392 g/mol. The highest BCUT2D eigenvalue weighted by molar-refractivity contribution is 7.89. The van der Waals surface area contributed by atoms with E-state index in [1.165, 1.54) is 6.33 Å². The Morgan fingerprint density at radius 1 is 1.14 bits per heavy atom. The average molecular weight is 417 g/mol. The van der Waals surface area contributed by atoms with E-state index in [4.69, 9.17) is 4.74 Å². The van der Waals surface area contributed by atoms with Crippen molar-refractivity contribution in [3.8, 4) is 0 Å². The molecule has 3 heterocycles. The Bertz CT molecular complexity index is 1120. The molecule has 0 amide bonds. The molecular formula is C19H24N6O3S. The van der Waals surface area contributed by atoms with Gasteiger partial charge in [-0.25, -0.2) is 27.8 Å². The van der Waals surface area contributed by atoms with Crippen LogP contribution in [0.5, 0.6) is 0 Å². The predicted molar refractivity (Wildman–Crippen MR) is 109 cm³/mol. The second-order valence-corrected chi connectivity index (χ2v) is 8.81. The maximum Gasteiger partial charge on any atom is 0.240 e. The second-order valence-electron chi connectivity index (χ2n) is 7.05. The zero-order chi connectivity index (χ0) is 20.4. The first-order valence-corrected chi connectivity index (χ1v) is 11.0. The van der Waals surface area contributed by atoms with Crippen molar-refractivity contribution in [3.63, 3.8) is 0 Å². The fourth-order valence-corrected chi connectivity index (χ4v) is 4.43. The Hall–Kier alpha value is -2.56. The zero-order valence-corrected chi connectivity index (χ0v) is 17.3. The fourth-order valence-electron chi connectivity index (χ4n) is 3.32. The van der Waals surface area contributed by atoms with E-state index in [0.717, 1.165) is 35.4 Å². The third-order valence-corrected chi connectivity index (χ3v) is 6.59. The molecule has 0 aliphatic carbocycles. The molecule has 29 heavy (non-hydrogen) atoms. The number of hydrogen-bond acceptors (Lipinski definition) is 7. The van der Waals surface area contributed by atoms with Crippen molar-refractivity contribution in [1.82, 2.24) is 24.5 Å². The fraction of sp³-hybridized carbons (Fsp3) is 0.421. The molecule has 1 fully saturated rings. The molecule has 2 aromatic heterocycles. The molecule has 0 spiro atoms. The molecule has 1 aliphatic heterocycles. The van der Waals surface area contributed by atoms with Crippen LogP contribution in [0.4, 0.5) is 5.82 Å². The molecule has 1 aromatic carbocycles. The van der Waals surface area contributed by atoms with Gasteiger partial charge in [0.1, 0.15) is 12.1 Å². The van der Waals surface area contributed by atoms with Crippen LogP contribution in [0.1, 0.15) is 11.1 Å². The Morgan fingerprint density at radius 2 is 1.93 bits per heavy atom. The van der Waals surface area contributed by atoms with Crippen LogP contribution in [0.15, 0.2) is 35.6 Å². The van der Waals surface area contributed by atoms with E-state index in [1.54, 1.807) is 23.0 Å². The number of nitrogens with zero attached hydrogens (tertiary/aromatic N) is 5. The number of aryl methyl sites for hydroxylation is 2. The summed E-state index contributed by atoms with van der Waals surface area (Å²) in [5.74, 6) is 0.834. The quantitative estimate of drug-likeness (QED) is 0.645. The van der Waals surface area contributed by atoms with Crippen LogP contribution in [0.25, 0.3) is 11.0 Å². The van der Waals surface area contributed by atoms with E-state index < -0.39 is 10.0 Å². The Morgan fingerprint density at radius 3 is 2.69 bits per heavy atom. The normalized spacial score (nSPS) is 15.2. The van der Waals surface area contributed by atoms with E-state index in [2.05, 4.69) is 24.7 Å². The predicted octanol–water partition coefficient (Wildman–Crippen LogP) is 1.26. The second kappa shape index (κ2) is 8.05. The SMILES string of the molecule is Cc1ccc(S(=O)(=O)NCCn2ncc3c(N4CCOCC4)ncnc32)cc1C. The first-order chi connectivity index (χ1) is 14.0. The summed E-state index contributed by atoms with van der Waals surface area (Å²) >= 11 is 0. The molecule has 3 aromatic rings. The largest absolute Gasteiger partial charge is 0.378 e. The molecule has 1 N–H and O–H groups in total. The van der Waals surface area contributed by atoms with Crippen LogP contribution < -0.4 is 9.62 Å². The number of ether oxygens (including phenoxy) is 1. The summed E-state index contributed by atoms with van der Waals surface area (Å²) in [4.78, 5) is 11.2. The third kappa shape index (κ3) is 4.09. The van der Waals surface area contributed by atoms with Gasteiger partial charge < -0.3 is 9.64 Å². The van der Waals surface area contributed by atoms with Crippen LogP contribution in [0.3, 0.4) is 0 Å². The van der Waals surface area contributed by atoms with Gasteiger partial charge in [-0.1, -0.05) is 6.07 Å². The molecule has 0 radical (unpaired) electrons. The summed E-state index contributed by atoms with van der Waals surface area (Å²) in [6.07, 6.45) is 3.25. The summed E-state index contributed by atoms with van der Waals surface area (Å²) in [5, 5.41) is 5.24. The van der Waals surface area contributed by atoms with Crippen molar-refractivity contribution in [1.29, 1.82) is 0 Å². The summed E-state index contributed by atoms with van der Waals surface area (Å²) in [5.41, 5.74) is 2.69. The smallest absolute Gasteiger partial charge is 0.240 e. The van der Waals surface area contributed by atoms with Crippen molar-refractivity contribution in [2.45, 2.75) is 25.3 Å². The van der Waals surface area contributed by atoms with Gasteiger partial charge in [0.05, 0.1) is 36.2 Å². The number of fused-ring (bicyclic) bond motifs is 1. The minimum Gasteiger partial charge on any atom is -0.378 e. The number of sulfonamides is 1. The van der Waals surface area contributed by atoms with Gasteiger partial charge in [-0.15, -0.1) is 0 Å². The molecule has 0 bridgehead atoms. The van der Waals surface area contributed by atoms with Crippen LogP contribution >= 0.6 is 0 Å². The van der Waals surface area contributed by atoms with Crippen molar-refractivity contribution in [2.75, 3.05) is 37.7 Å². The van der Waals surface area contributed by atoms with Crippen molar-refractivity contribution >= 4 is 26.9 Å². The molecule has 1 aliphatic rings. The first kappa shape index (κ1) is 19.7. The zero-order valence-electron chi connectivity index (χ0n) is 16.5. The number of aromatic nitrogens is 4. The molecule has 0 atom stereocenters. The molecule has 10 heteroatoms. The highest BCUT2D eigenvalue weighted by Crippen LogP contribution is 2.23. The maximum atomic E-state index is 12.6. The van der Waals surface area contributed by atoms with E-state index >= 15 is 0 Å². The number of benzene rings is 1. The average Bonchev–Trinajstić information content (AvgIpc) is 3.14. The number of morpholine rings is 1. The van der Waals surface area contributed by atoms with Crippen molar-refractivity contribution in [3.05, 3.63) is 41.9 Å². The molecule has 4 rings (SSSR count). The van der Waals surface area contributed by atoms with Gasteiger partial charge in [-0.3, -0.25) is 0 Å². The van der Waals surface area contributed by atoms with Crippen LogP contribution in [-0.4, -0.2) is 61.0 Å². The lowest BCUT2D eigenvalue weighted by Crippen LogP contribution is -2.36. The van der Waals surface area contributed by atoms with Crippen LogP contribution in [-0.2, 0) is 21.3 Å². The van der Waals surface area contributed by atoms with Gasteiger partial charge in [-0.05, 0) is 37.1 Å². The summed E-state index contributed by atoms with van der Waals surface area (Å²) in [7, 11) is -3.58. The Labute approximate surface area is 169 Å². The van der Waals surface area contributed by atoms with Gasteiger partial charge in [0, 0.05) is 19.6 Å². The van der Waals surface area contributed by atoms with Gasteiger partial charge in [0.2, 0.25) is 10.0 Å². The van der Waals surface area contributed by atoms with Gasteiger partial charge in [0.25, 0.3) is 0 Å². The van der Waals surface area contributed by atoms with E-state index in [-0.39, 0.29) is 11.4 Å². The van der Waals surface area contributed by atoms with Crippen LogP contribution in [0, 0.1) is 13.8 Å². The number of nitrogens with one attached hydrogen (secondary N) is 1. The highest BCUT2D eigenvalue weighted by atomic mass is 32.2. The van der Waals surface area contributed by atoms with Crippen molar-refractivity contribution in [2.24, 2.45) is 0 Å². The minimum atomic E-state index is -3.58. The lowest BCUT2D eigenvalue weighted by atomic mass is 10.1. The topological polar surface area (TPSA) is 102 Å². The molecule has 9 nitrogen and oxygen atoms in total. The first-order valence-electron chi connectivity index (χ1n) is 9.52. The highest BCUT2D eigenvalue weighted by Gasteiger charge is 2.19. The summed E-state index contributed by atoms with van der Waals surface area (Å²) in [6.45, 7) is 7.31. The standard InChI is InChI=1S/C19H24N6O3S/c1-14-3-4-16(11-15(14)2)29(26,27)23-5-6-25-19-17(12-22-25)18(20-13-21-19)24-7-9-28-10-8-24/h3-4,11-13,23H,5-10H2,1-2H3. The van der Waals surface area contributed by atoms with Gasteiger partial charge in [-0.2, -0.15) is 5.10 Å². The number of hydrogen-bond donors (Lipinski definition) is 1. The third-order valence-electron chi connectivity index (χ3n) is 5.13. The molecule has 154 valence electrons. The summed E-state index contributed by atoms with van der Waals surface area (Å²) in [6, 6.07) is 5.12. The lowest BCUT2D eigenvalue weighted by molar-refractivity contribution is 0.122. The number of anilines is 1. The summed E-state index contributed by atoms with van der Waals surface area (Å²) < 4.78 is 34.9. The van der Waals surface area contributed by atoms with E-state index in [0.29, 0.717) is 25.4 Å². The van der Waals surface area contributed by atoms with Gasteiger partial charge in [0.15, 0.2) is 5.65 Å². The minimum absolute atomic E-state index is 0.211. The van der Waals surface area contributed by atoms with Crippen molar-refractivity contribution < 1.29 is 13.2 Å². The Kier molecular flexibility index (Phi) is 5.48. The van der Waals surface area contributed by atoms with Gasteiger partial charge >= 0.3 is 0 Å². The molecule has 0 unspecified atom stereocenters. The van der Waals surface area contributed by atoms with Crippen LogP contribution in [0.2, 0.25) is 0 Å². The van der Waals surface area contributed by atoms with E-state index in [1.807, 2.05) is 19.9 Å². The monoisotopic (exact) mass is 416 g/mol. The maximum absolute atomic E-state index is 12.6. The number of rotatable bonds is 6. The van der Waals surface area contributed by atoms with E-state index in [9.17, 15) is 8.42 Å². The molecule has 1 saturated heterocycles. The molecule has 0 saturated carbocycles. The lowest BCUT2D eigenvalue weighted by Gasteiger charge is -2.27.